The fraction of sp³-hybridized carbons (Fsp3) is 0.621. The van der Waals surface area contributed by atoms with Crippen LogP contribution in [-0.4, -0.2) is 89.6 Å². The number of allylic oxidation sites excluding steroid dienone is 2. The zero-order chi connectivity index (χ0) is 29.8. The monoisotopic (exact) mass is 571 g/mol. The molecule has 3 amide bonds. The first-order valence-corrected chi connectivity index (χ1v) is 14.2. The molecule has 41 heavy (non-hydrogen) atoms. The molecule has 2 saturated heterocycles. The van der Waals surface area contributed by atoms with Gasteiger partial charge in [-0.15, -0.1) is 0 Å². The Morgan fingerprint density at radius 2 is 1.90 bits per heavy atom. The van der Waals surface area contributed by atoms with Gasteiger partial charge in [-0.05, 0) is 45.1 Å². The molecule has 1 aliphatic carbocycles. The number of rotatable bonds is 13. The molecular weight excluding hydrogens is 530 g/mol. The molecule has 0 saturated carbocycles. The van der Waals surface area contributed by atoms with E-state index in [1.54, 1.807) is 26.2 Å². The number of amides is 3. The lowest BCUT2D eigenvalue weighted by Gasteiger charge is -2.40. The number of aryl methyl sites for hydroxylation is 1. The average Bonchev–Trinajstić information content (AvgIpc) is 3.47. The summed E-state index contributed by atoms with van der Waals surface area (Å²) < 4.78 is 12.2. The van der Waals surface area contributed by atoms with Crippen molar-refractivity contribution in [2.45, 2.75) is 63.1 Å². The third-order valence-electron chi connectivity index (χ3n) is 8.27. The number of ether oxygens (including phenoxy) is 2. The van der Waals surface area contributed by atoms with Crippen LogP contribution in [0.15, 0.2) is 34.8 Å². The Bertz CT molecular complexity index is 1260. The minimum absolute atomic E-state index is 0.102. The van der Waals surface area contributed by atoms with Gasteiger partial charge in [0, 0.05) is 38.8 Å². The number of carbonyl (C=O) groups excluding carboxylic acids is 4. The zero-order valence-corrected chi connectivity index (χ0v) is 24.1. The van der Waals surface area contributed by atoms with Crippen LogP contribution in [0, 0.1) is 5.92 Å². The van der Waals surface area contributed by atoms with Crippen LogP contribution in [0.1, 0.15) is 45.1 Å². The lowest BCUT2D eigenvalue weighted by molar-refractivity contribution is -0.142. The molecule has 3 aliphatic rings. The van der Waals surface area contributed by atoms with Gasteiger partial charge in [-0.2, -0.15) is 0 Å². The number of morpholine rings is 1. The molecule has 12 nitrogen and oxygen atoms in total. The molecule has 1 aromatic heterocycles. The number of ketones is 1. The molecule has 2 aliphatic heterocycles. The van der Waals surface area contributed by atoms with Crippen LogP contribution in [0.4, 0.5) is 0 Å². The van der Waals surface area contributed by atoms with Crippen molar-refractivity contribution in [3.63, 3.8) is 0 Å². The second kappa shape index (κ2) is 12.7. The maximum atomic E-state index is 14.0. The van der Waals surface area contributed by atoms with E-state index in [0.29, 0.717) is 31.9 Å². The number of nitrogens with one attached hydrogen (secondary N) is 2. The van der Waals surface area contributed by atoms with Gasteiger partial charge in [0.05, 0.1) is 32.3 Å². The SMILES string of the molecule is C[C@H](NC(=O)CN1CCOCC1)C(=O)NC(Cc1ccc(=O)n(C)c1)(C(N)=O)[C@H](CC1=CCCC1)C(=O)[C@@]1(C)CO1. The topological polar surface area (TPSA) is 165 Å². The highest BCUT2D eigenvalue weighted by molar-refractivity contribution is 6.01. The van der Waals surface area contributed by atoms with E-state index in [1.165, 1.54) is 17.6 Å². The van der Waals surface area contributed by atoms with Crippen LogP contribution >= 0.6 is 0 Å². The van der Waals surface area contributed by atoms with Crippen LogP contribution in [0.25, 0.3) is 0 Å². The summed E-state index contributed by atoms with van der Waals surface area (Å²) in [7, 11) is 1.58. The van der Waals surface area contributed by atoms with Crippen molar-refractivity contribution in [3.05, 3.63) is 45.9 Å². The predicted octanol–water partition coefficient (Wildman–Crippen LogP) is -0.420. The number of primary amides is 1. The van der Waals surface area contributed by atoms with E-state index in [9.17, 15) is 24.0 Å². The van der Waals surface area contributed by atoms with Crippen molar-refractivity contribution in [2.24, 2.45) is 18.7 Å². The Labute approximate surface area is 239 Å². The van der Waals surface area contributed by atoms with Gasteiger partial charge >= 0.3 is 0 Å². The fourth-order valence-corrected chi connectivity index (χ4v) is 5.59. The van der Waals surface area contributed by atoms with Crippen molar-refractivity contribution in [1.29, 1.82) is 0 Å². The summed E-state index contributed by atoms with van der Waals surface area (Å²) >= 11 is 0. The van der Waals surface area contributed by atoms with Gasteiger partial charge in [0.2, 0.25) is 23.3 Å². The van der Waals surface area contributed by atoms with Crippen molar-refractivity contribution in [1.82, 2.24) is 20.1 Å². The largest absolute Gasteiger partial charge is 0.379 e. The lowest BCUT2D eigenvalue weighted by Crippen LogP contribution is -2.68. The minimum atomic E-state index is -1.85. The third-order valence-corrected chi connectivity index (χ3v) is 8.27. The van der Waals surface area contributed by atoms with Gasteiger partial charge in [-0.1, -0.05) is 17.7 Å². The number of Topliss-reactive ketones (excluding diaryl/α,β-unsaturated/α-hetero) is 1. The quantitative estimate of drug-likeness (QED) is 0.212. The number of hydrogen-bond donors (Lipinski definition) is 3. The molecule has 1 unspecified atom stereocenters. The molecule has 0 aromatic carbocycles. The number of nitrogens with two attached hydrogens (primary N) is 1. The minimum Gasteiger partial charge on any atom is -0.379 e. The fourth-order valence-electron chi connectivity index (χ4n) is 5.59. The van der Waals surface area contributed by atoms with Gasteiger partial charge in [0.15, 0.2) is 5.78 Å². The van der Waals surface area contributed by atoms with E-state index in [1.807, 2.05) is 4.90 Å². The Hall–Kier alpha value is -3.35. The third kappa shape index (κ3) is 7.30. The molecule has 0 bridgehead atoms. The Balaban J connectivity index is 1.65. The van der Waals surface area contributed by atoms with E-state index in [-0.39, 0.29) is 43.2 Å². The van der Waals surface area contributed by atoms with Gasteiger partial charge in [0.1, 0.15) is 17.2 Å². The molecule has 0 spiro atoms. The van der Waals surface area contributed by atoms with Gasteiger partial charge in [-0.3, -0.25) is 28.9 Å². The first kappa shape index (κ1) is 30.6. The number of nitrogens with zero attached hydrogens (tertiary/aromatic N) is 2. The van der Waals surface area contributed by atoms with E-state index in [2.05, 4.69) is 16.7 Å². The summed E-state index contributed by atoms with van der Waals surface area (Å²) in [6, 6.07) is 1.90. The smallest absolute Gasteiger partial charge is 0.250 e. The van der Waals surface area contributed by atoms with Crippen molar-refractivity contribution in [3.8, 4) is 0 Å². The standard InChI is InChI=1S/C29H41N5O7/c1-19(31-23(35)17-34-10-12-40-13-11-34)26(38)32-29(27(30)39,15-21-8-9-24(36)33(3)16-21)22(14-20-6-4-5-7-20)25(37)28(2)18-41-28/h6,8-9,16,19,22H,4-5,7,10-15,17-18H2,1-3H3,(H2,30,39)(H,31,35)(H,32,38)/t19-,22+,28+,29?/m0/s1. The van der Waals surface area contributed by atoms with Crippen LogP contribution in [0.5, 0.6) is 0 Å². The highest BCUT2D eigenvalue weighted by Gasteiger charge is 2.58. The molecule has 0 radical (unpaired) electrons. The number of hydrogen-bond acceptors (Lipinski definition) is 8. The van der Waals surface area contributed by atoms with Crippen LogP contribution in [0.2, 0.25) is 0 Å². The maximum Gasteiger partial charge on any atom is 0.250 e. The maximum absolute atomic E-state index is 14.0. The molecule has 4 rings (SSSR count). The predicted molar refractivity (Wildman–Crippen MR) is 150 cm³/mol. The normalized spacial score (nSPS) is 23.5. The van der Waals surface area contributed by atoms with Gasteiger partial charge < -0.3 is 30.4 Å². The molecule has 4 N–H and O–H groups in total. The summed E-state index contributed by atoms with van der Waals surface area (Å²) in [6.07, 6.45) is 6.30. The second-order valence-corrected chi connectivity index (χ2v) is 11.6. The lowest BCUT2D eigenvalue weighted by atomic mass is 9.70. The summed E-state index contributed by atoms with van der Waals surface area (Å²) in [5.74, 6) is -3.23. The molecular formula is C29H41N5O7. The summed E-state index contributed by atoms with van der Waals surface area (Å²) in [4.78, 5) is 67.9. The summed E-state index contributed by atoms with van der Waals surface area (Å²) in [5.41, 5.74) is 4.46. The van der Waals surface area contributed by atoms with Crippen molar-refractivity contribution < 1.29 is 28.7 Å². The summed E-state index contributed by atoms with van der Waals surface area (Å²) in [6.45, 7) is 5.78. The number of aromatic nitrogens is 1. The highest BCUT2D eigenvalue weighted by Crippen LogP contribution is 2.40. The molecule has 2 fully saturated rings. The molecule has 1 aromatic rings. The average molecular weight is 572 g/mol. The number of pyridine rings is 1. The molecule has 3 heterocycles. The Morgan fingerprint density at radius 1 is 1.20 bits per heavy atom. The van der Waals surface area contributed by atoms with Crippen molar-refractivity contribution in [2.75, 3.05) is 39.5 Å². The number of carbonyl (C=O) groups is 4. The summed E-state index contributed by atoms with van der Waals surface area (Å²) in [5, 5.41) is 5.52. The first-order valence-electron chi connectivity index (χ1n) is 14.2. The highest BCUT2D eigenvalue weighted by atomic mass is 16.6. The Kier molecular flexibility index (Phi) is 9.45. The van der Waals surface area contributed by atoms with E-state index < -0.39 is 34.9 Å². The van der Waals surface area contributed by atoms with E-state index in [0.717, 1.165) is 24.8 Å². The van der Waals surface area contributed by atoms with Crippen LogP contribution < -0.4 is 21.9 Å². The van der Waals surface area contributed by atoms with Crippen LogP contribution in [0.3, 0.4) is 0 Å². The van der Waals surface area contributed by atoms with E-state index >= 15 is 0 Å². The molecule has 4 atom stereocenters. The zero-order valence-electron chi connectivity index (χ0n) is 24.1. The van der Waals surface area contributed by atoms with Gasteiger partial charge in [0.25, 0.3) is 0 Å². The molecule has 224 valence electrons. The van der Waals surface area contributed by atoms with Crippen LogP contribution in [-0.2, 0) is 42.1 Å². The second-order valence-electron chi connectivity index (χ2n) is 11.6. The van der Waals surface area contributed by atoms with Crippen molar-refractivity contribution >= 4 is 23.5 Å². The molecule has 12 heteroatoms. The number of epoxide rings is 1. The first-order chi connectivity index (χ1) is 19.4. The van der Waals surface area contributed by atoms with Gasteiger partial charge in [-0.25, -0.2) is 0 Å². The van der Waals surface area contributed by atoms with E-state index in [4.69, 9.17) is 15.2 Å². The Morgan fingerprint density at radius 3 is 2.49 bits per heavy atom.